The zero-order valence-corrected chi connectivity index (χ0v) is 14.3. The van der Waals surface area contributed by atoms with E-state index in [0.29, 0.717) is 18.0 Å². The van der Waals surface area contributed by atoms with Crippen molar-refractivity contribution < 1.29 is 17.6 Å². The van der Waals surface area contributed by atoms with E-state index >= 15 is 0 Å². The Labute approximate surface area is 142 Å². The number of sulfone groups is 1. The van der Waals surface area contributed by atoms with E-state index in [2.05, 4.69) is 0 Å². The molecule has 0 saturated heterocycles. The SMILES string of the molecule is O=C(CC1CCCCC1)N(c1ccc(F)cc1)[C@@H]1C=CS(=O)(=O)C1. The van der Waals surface area contributed by atoms with E-state index in [0.717, 1.165) is 25.7 Å². The maximum absolute atomic E-state index is 13.2. The summed E-state index contributed by atoms with van der Waals surface area (Å²) in [6.07, 6.45) is 7.57. The van der Waals surface area contributed by atoms with Crippen molar-refractivity contribution in [3.63, 3.8) is 0 Å². The minimum Gasteiger partial charge on any atom is -0.304 e. The number of amides is 1. The number of carbonyl (C=O) groups excluding carboxylic acids is 1. The molecular weight excluding hydrogens is 329 g/mol. The number of anilines is 1. The number of halogens is 1. The summed E-state index contributed by atoms with van der Waals surface area (Å²) in [5.74, 6) is -0.217. The van der Waals surface area contributed by atoms with E-state index in [9.17, 15) is 17.6 Å². The van der Waals surface area contributed by atoms with Gasteiger partial charge in [0.25, 0.3) is 0 Å². The first kappa shape index (κ1) is 17.1. The van der Waals surface area contributed by atoms with Crippen LogP contribution in [0, 0.1) is 11.7 Å². The molecule has 1 aliphatic carbocycles. The maximum atomic E-state index is 13.2. The van der Waals surface area contributed by atoms with Crippen LogP contribution in [0.5, 0.6) is 0 Å². The summed E-state index contributed by atoms with van der Waals surface area (Å²) in [5, 5.41) is 1.17. The molecule has 3 rings (SSSR count). The highest BCUT2D eigenvalue weighted by atomic mass is 32.2. The lowest BCUT2D eigenvalue weighted by molar-refractivity contribution is -0.120. The summed E-state index contributed by atoms with van der Waals surface area (Å²) in [6, 6.07) is 5.14. The summed E-state index contributed by atoms with van der Waals surface area (Å²) < 4.78 is 36.7. The van der Waals surface area contributed by atoms with Gasteiger partial charge in [0, 0.05) is 17.5 Å². The van der Waals surface area contributed by atoms with Gasteiger partial charge in [0.1, 0.15) is 5.82 Å². The van der Waals surface area contributed by atoms with E-state index in [1.165, 1.54) is 41.0 Å². The molecule has 1 atom stereocenters. The van der Waals surface area contributed by atoms with Crippen molar-refractivity contribution in [3.05, 3.63) is 41.6 Å². The molecule has 1 heterocycles. The molecule has 1 aromatic carbocycles. The average molecular weight is 351 g/mol. The van der Waals surface area contributed by atoms with Gasteiger partial charge >= 0.3 is 0 Å². The van der Waals surface area contributed by atoms with Gasteiger partial charge in [0.2, 0.25) is 5.91 Å². The van der Waals surface area contributed by atoms with Gasteiger partial charge in [-0.05, 0) is 49.1 Å². The van der Waals surface area contributed by atoms with E-state index in [4.69, 9.17) is 0 Å². The Morgan fingerprint density at radius 2 is 1.79 bits per heavy atom. The molecule has 0 bridgehead atoms. The van der Waals surface area contributed by atoms with Crippen LogP contribution in [0.1, 0.15) is 38.5 Å². The smallest absolute Gasteiger partial charge is 0.227 e. The van der Waals surface area contributed by atoms with Crippen molar-refractivity contribution >= 4 is 21.4 Å². The summed E-state index contributed by atoms with van der Waals surface area (Å²) in [7, 11) is -3.27. The number of rotatable bonds is 4. The van der Waals surface area contributed by atoms with Crippen molar-refractivity contribution in [1.82, 2.24) is 0 Å². The van der Waals surface area contributed by atoms with Crippen LogP contribution >= 0.6 is 0 Å². The fraction of sp³-hybridized carbons (Fsp3) is 0.500. The first-order chi connectivity index (χ1) is 11.4. The molecule has 1 amide bonds. The van der Waals surface area contributed by atoms with E-state index in [-0.39, 0.29) is 17.5 Å². The first-order valence-corrected chi connectivity index (χ1v) is 10.1. The summed E-state index contributed by atoms with van der Waals surface area (Å²) in [5.41, 5.74) is 0.545. The molecule has 0 N–H and O–H groups in total. The Morgan fingerprint density at radius 3 is 2.38 bits per heavy atom. The van der Waals surface area contributed by atoms with Crippen molar-refractivity contribution in [3.8, 4) is 0 Å². The highest BCUT2D eigenvalue weighted by Gasteiger charge is 2.32. The third-order valence-corrected chi connectivity index (χ3v) is 6.18. The second-order valence-corrected chi connectivity index (χ2v) is 8.60. The molecule has 0 unspecified atom stereocenters. The third-order valence-electron chi connectivity index (χ3n) is 4.80. The van der Waals surface area contributed by atoms with Crippen molar-refractivity contribution in [2.75, 3.05) is 10.7 Å². The lowest BCUT2D eigenvalue weighted by Crippen LogP contribution is -2.42. The van der Waals surface area contributed by atoms with Crippen LogP contribution in [0.3, 0.4) is 0 Å². The van der Waals surface area contributed by atoms with E-state index < -0.39 is 15.9 Å². The van der Waals surface area contributed by atoms with E-state index in [1.54, 1.807) is 6.08 Å². The van der Waals surface area contributed by atoms with Crippen LogP contribution < -0.4 is 4.90 Å². The third kappa shape index (κ3) is 4.04. The van der Waals surface area contributed by atoms with Crippen LogP contribution in [0.2, 0.25) is 0 Å². The van der Waals surface area contributed by atoms with Crippen LogP contribution in [0.15, 0.2) is 35.7 Å². The largest absolute Gasteiger partial charge is 0.304 e. The number of benzene rings is 1. The number of hydrogen-bond acceptors (Lipinski definition) is 3. The van der Waals surface area contributed by atoms with Gasteiger partial charge in [-0.15, -0.1) is 0 Å². The van der Waals surface area contributed by atoms with E-state index in [1.807, 2.05) is 0 Å². The molecule has 1 fully saturated rings. The topological polar surface area (TPSA) is 54.5 Å². The minimum atomic E-state index is -3.27. The minimum absolute atomic E-state index is 0.0831. The molecule has 0 aromatic heterocycles. The van der Waals surface area contributed by atoms with Crippen LogP contribution in [-0.4, -0.2) is 26.1 Å². The predicted octanol–water partition coefficient (Wildman–Crippen LogP) is 3.44. The zero-order chi connectivity index (χ0) is 17.2. The molecule has 1 aliphatic heterocycles. The molecule has 0 spiro atoms. The van der Waals surface area contributed by atoms with Crippen LogP contribution in [-0.2, 0) is 14.6 Å². The molecular formula is C18H22FNO3S. The number of carbonyl (C=O) groups is 1. The number of nitrogens with zero attached hydrogens (tertiary/aromatic N) is 1. The highest BCUT2D eigenvalue weighted by Crippen LogP contribution is 2.30. The lowest BCUT2D eigenvalue weighted by Gasteiger charge is -2.30. The van der Waals surface area contributed by atoms with Gasteiger partial charge in [-0.3, -0.25) is 4.79 Å². The number of hydrogen-bond donors (Lipinski definition) is 0. The summed E-state index contributed by atoms with van der Waals surface area (Å²) in [6.45, 7) is 0. The Hall–Kier alpha value is -1.69. The summed E-state index contributed by atoms with van der Waals surface area (Å²) in [4.78, 5) is 14.4. The van der Waals surface area contributed by atoms with Gasteiger partial charge in [-0.2, -0.15) is 0 Å². The van der Waals surface area contributed by atoms with Crippen LogP contribution in [0.4, 0.5) is 10.1 Å². The highest BCUT2D eigenvalue weighted by molar-refractivity contribution is 7.94. The molecule has 6 heteroatoms. The van der Waals surface area contributed by atoms with Gasteiger partial charge in [0.15, 0.2) is 9.84 Å². The predicted molar refractivity (Wildman–Crippen MR) is 91.8 cm³/mol. The van der Waals surface area contributed by atoms with Crippen molar-refractivity contribution in [1.29, 1.82) is 0 Å². The maximum Gasteiger partial charge on any atom is 0.227 e. The van der Waals surface area contributed by atoms with Gasteiger partial charge in [-0.1, -0.05) is 19.3 Å². The fourth-order valence-corrected chi connectivity index (χ4v) is 4.85. The molecule has 1 aromatic rings. The lowest BCUT2D eigenvalue weighted by atomic mass is 9.86. The van der Waals surface area contributed by atoms with Gasteiger partial charge < -0.3 is 4.90 Å². The Kier molecular flexibility index (Phi) is 5.04. The van der Waals surface area contributed by atoms with Gasteiger partial charge in [-0.25, -0.2) is 12.8 Å². The monoisotopic (exact) mass is 351 g/mol. The van der Waals surface area contributed by atoms with Gasteiger partial charge in [0.05, 0.1) is 11.8 Å². The average Bonchev–Trinajstić information content (AvgIpc) is 2.90. The molecule has 130 valence electrons. The first-order valence-electron chi connectivity index (χ1n) is 8.43. The normalized spacial score (nSPS) is 23.3. The molecule has 2 aliphatic rings. The fourth-order valence-electron chi connectivity index (χ4n) is 3.58. The summed E-state index contributed by atoms with van der Waals surface area (Å²) >= 11 is 0. The van der Waals surface area contributed by atoms with Crippen LogP contribution in [0.25, 0.3) is 0 Å². The van der Waals surface area contributed by atoms with Crippen molar-refractivity contribution in [2.45, 2.75) is 44.6 Å². The standard InChI is InChI=1S/C18H22FNO3S/c19-15-6-8-16(9-7-15)20(17-10-11-24(22,23)13-17)18(21)12-14-4-2-1-3-5-14/h6-11,14,17H,1-5,12-13H2/t17-/m1/s1. The van der Waals surface area contributed by atoms with Crippen molar-refractivity contribution in [2.24, 2.45) is 5.92 Å². The zero-order valence-electron chi connectivity index (χ0n) is 13.5. The molecule has 0 radical (unpaired) electrons. The molecule has 4 nitrogen and oxygen atoms in total. The second-order valence-electron chi connectivity index (χ2n) is 6.67. The second kappa shape index (κ2) is 7.05. The Bertz CT molecular complexity index is 721. The Morgan fingerprint density at radius 1 is 1.12 bits per heavy atom. The quantitative estimate of drug-likeness (QED) is 0.835. The molecule has 1 saturated carbocycles. The Balaban J connectivity index is 1.82. The molecule has 24 heavy (non-hydrogen) atoms.